The lowest BCUT2D eigenvalue weighted by Gasteiger charge is -2.23. The number of hydrogen-bond acceptors (Lipinski definition) is 5. The van der Waals surface area contributed by atoms with Crippen LogP contribution in [0.25, 0.3) is 23.3 Å². The van der Waals surface area contributed by atoms with Crippen molar-refractivity contribution in [3.05, 3.63) is 58.9 Å². The van der Waals surface area contributed by atoms with Crippen molar-refractivity contribution in [1.82, 2.24) is 0 Å². The fourth-order valence-electron chi connectivity index (χ4n) is 3.26. The smallest absolute Gasteiger partial charge is 0.374 e. The van der Waals surface area contributed by atoms with Crippen LogP contribution in [0.2, 0.25) is 5.02 Å². The van der Waals surface area contributed by atoms with Crippen molar-refractivity contribution >= 4 is 50.7 Å². The molecular formula is C23H27ClN2O4S. The average Bonchev–Trinajstić information content (AvgIpc) is 3.05. The van der Waals surface area contributed by atoms with Gasteiger partial charge in [0.15, 0.2) is 6.54 Å². The lowest BCUT2D eigenvalue weighted by atomic mass is 10.1. The van der Waals surface area contributed by atoms with Gasteiger partial charge in [-0.05, 0) is 56.2 Å². The summed E-state index contributed by atoms with van der Waals surface area (Å²) in [6.07, 6.45) is 4.68. The first-order valence-corrected chi connectivity index (χ1v) is 12.2. The lowest BCUT2D eigenvalue weighted by Crippen LogP contribution is -2.35. The number of halogens is 1. The van der Waals surface area contributed by atoms with Crippen molar-refractivity contribution in [2.75, 3.05) is 17.7 Å². The van der Waals surface area contributed by atoms with Crippen LogP contribution in [0.1, 0.15) is 38.1 Å². The molecule has 3 rings (SSSR count). The molecule has 166 valence electrons. The minimum atomic E-state index is -4.21. The number of benzene rings is 2. The highest BCUT2D eigenvalue weighted by Crippen LogP contribution is 2.21. The number of oxazole rings is 1. The Balaban J connectivity index is 1.83. The Kier molecular flexibility index (Phi) is 7.41. The normalized spacial score (nSPS) is 12.3. The van der Waals surface area contributed by atoms with E-state index >= 15 is 0 Å². The van der Waals surface area contributed by atoms with E-state index in [9.17, 15) is 13.0 Å². The molecule has 6 nitrogen and oxygen atoms in total. The highest BCUT2D eigenvalue weighted by atomic mass is 35.5. The van der Waals surface area contributed by atoms with Gasteiger partial charge in [-0.1, -0.05) is 23.7 Å². The second-order valence-electron chi connectivity index (χ2n) is 7.80. The number of nitrogens with zero attached hydrogens (tertiary/aromatic N) is 2. The third-order valence-corrected chi connectivity index (χ3v) is 6.24. The fraction of sp³-hybridized carbons (Fsp3) is 0.348. The molecule has 0 unspecified atom stereocenters. The third kappa shape index (κ3) is 6.32. The average molecular weight is 463 g/mol. The van der Waals surface area contributed by atoms with Crippen LogP contribution >= 0.6 is 11.6 Å². The molecule has 0 spiro atoms. The predicted molar refractivity (Wildman–Crippen MR) is 124 cm³/mol. The van der Waals surface area contributed by atoms with Crippen LogP contribution in [-0.2, 0) is 16.7 Å². The summed E-state index contributed by atoms with van der Waals surface area (Å²) in [5.41, 5.74) is 3.69. The van der Waals surface area contributed by atoms with Crippen molar-refractivity contribution in [3.63, 3.8) is 0 Å². The summed E-state index contributed by atoms with van der Waals surface area (Å²) in [5.74, 6) is 0.262. The Bertz CT molecular complexity index is 1170. The molecule has 8 heteroatoms. The number of hydrogen-bond donors (Lipinski definition) is 0. The van der Waals surface area contributed by atoms with Crippen LogP contribution in [0.15, 0.2) is 46.9 Å². The summed E-state index contributed by atoms with van der Waals surface area (Å²) in [7, 11) is -2.14. The molecule has 0 amide bonds. The molecule has 0 bridgehead atoms. The Morgan fingerprint density at radius 2 is 1.84 bits per heavy atom. The van der Waals surface area contributed by atoms with Crippen molar-refractivity contribution in [2.45, 2.75) is 39.3 Å². The van der Waals surface area contributed by atoms with Crippen LogP contribution in [-0.4, -0.2) is 31.8 Å². The first-order chi connectivity index (χ1) is 14.6. The van der Waals surface area contributed by atoms with E-state index in [1.165, 1.54) is 0 Å². The van der Waals surface area contributed by atoms with Crippen LogP contribution < -0.4 is 9.47 Å². The Morgan fingerprint density at radius 1 is 1.13 bits per heavy atom. The maximum atomic E-state index is 10.9. The highest BCUT2D eigenvalue weighted by Gasteiger charge is 2.20. The number of fused-ring (bicyclic) bond motifs is 1. The molecule has 0 aliphatic heterocycles. The molecule has 3 aromatic rings. The minimum absolute atomic E-state index is 0.292. The lowest BCUT2D eigenvalue weighted by molar-refractivity contribution is -0.678. The van der Waals surface area contributed by atoms with E-state index in [1.54, 1.807) is 6.07 Å². The third-order valence-electron chi connectivity index (χ3n) is 5.21. The fourth-order valence-corrected chi connectivity index (χ4v) is 3.99. The molecule has 31 heavy (non-hydrogen) atoms. The molecule has 0 saturated carbocycles. The monoisotopic (exact) mass is 462 g/mol. The van der Waals surface area contributed by atoms with Crippen LogP contribution in [0.3, 0.4) is 0 Å². The summed E-state index contributed by atoms with van der Waals surface area (Å²) in [5, 5.41) is 0.588. The molecule has 0 fully saturated rings. The molecule has 0 atom stereocenters. The first-order valence-electron chi connectivity index (χ1n) is 10.2. The van der Waals surface area contributed by atoms with Crippen molar-refractivity contribution in [3.8, 4) is 0 Å². The van der Waals surface area contributed by atoms with Gasteiger partial charge in [-0.15, -0.1) is 0 Å². The van der Waals surface area contributed by atoms with Gasteiger partial charge in [-0.2, -0.15) is 4.57 Å². The molecule has 1 heterocycles. The zero-order valence-corrected chi connectivity index (χ0v) is 19.5. The van der Waals surface area contributed by atoms with E-state index in [-0.39, 0.29) is 5.75 Å². The van der Waals surface area contributed by atoms with Crippen LogP contribution in [0.5, 0.6) is 0 Å². The second-order valence-corrected chi connectivity index (χ2v) is 9.76. The van der Waals surface area contributed by atoms with Gasteiger partial charge in [-0.25, -0.2) is 8.42 Å². The molecular weight excluding hydrogens is 436 g/mol. The molecule has 1 aromatic heterocycles. The molecule has 0 aliphatic carbocycles. The van der Waals surface area contributed by atoms with E-state index in [1.807, 2.05) is 41.0 Å². The predicted octanol–water partition coefficient (Wildman–Crippen LogP) is 4.71. The highest BCUT2D eigenvalue weighted by molar-refractivity contribution is 7.85. The first kappa shape index (κ1) is 23.3. The quantitative estimate of drug-likeness (QED) is 0.261. The number of aryl methyl sites for hydroxylation is 1. The molecule has 2 aromatic carbocycles. The van der Waals surface area contributed by atoms with Crippen molar-refractivity contribution in [2.24, 2.45) is 0 Å². The number of aromatic nitrogens is 1. The molecule has 0 saturated heterocycles. The second kappa shape index (κ2) is 9.85. The summed E-state index contributed by atoms with van der Waals surface area (Å²) in [6.45, 7) is 4.81. The standard InChI is InChI=1S/C23H27ClN2O4S/c1-17(2)25(3)20-10-6-18(7-11-20)8-13-23-26(14-4-5-15-31(27,28)29)21-16-19(24)9-12-22(21)30-23/h6-13,16-17H,4-5,14-15H2,1-3H3. The van der Waals surface area contributed by atoms with E-state index in [4.69, 9.17) is 16.0 Å². The topological polar surface area (TPSA) is 77.5 Å². The number of anilines is 1. The van der Waals surface area contributed by atoms with Gasteiger partial charge in [0, 0.05) is 42.0 Å². The minimum Gasteiger partial charge on any atom is -0.748 e. The zero-order chi connectivity index (χ0) is 22.6. The maximum absolute atomic E-state index is 10.9. The Labute approximate surface area is 188 Å². The summed E-state index contributed by atoms with van der Waals surface area (Å²) in [4.78, 5) is 2.20. The van der Waals surface area contributed by atoms with Gasteiger partial charge in [0.1, 0.15) is 0 Å². The van der Waals surface area contributed by atoms with Gasteiger partial charge in [0.05, 0.1) is 16.2 Å². The van der Waals surface area contributed by atoms with Crippen molar-refractivity contribution in [1.29, 1.82) is 0 Å². The number of rotatable bonds is 9. The van der Waals surface area contributed by atoms with Gasteiger partial charge in [-0.3, -0.25) is 0 Å². The molecule has 0 N–H and O–H groups in total. The van der Waals surface area contributed by atoms with E-state index < -0.39 is 10.1 Å². The summed E-state index contributed by atoms with van der Waals surface area (Å²) in [6, 6.07) is 14.1. The van der Waals surface area contributed by atoms with Crippen molar-refractivity contribution < 1.29 is 22.0 Å². The SMILES string of the molecule is CC(C)N(C)c1ccc(/C=C/c2oc3ccc(Cl)cc3[n+]2CCCCS(=O)(=O)[O-])cc1. The van der Waals surface area contributed by atoms with Crippen LogP contribution in [0, 0.1) is 0 Å². The molecule has 0 radical (unpaired) electrons. The van der Waals surface area contributed by atoms with Gasteiger partial charge >= 0.3 is 5.89 Å². The zero-order valence-electron chi connectivity index (χ0n) is 17.9. The summed E-state index contributed by atoms with van der Waals surface area (Å²) >= 11 is 6.16. The Hall–Kier alpha value is -2.35. The maximum Gasteiger partial charge on any atom is 0.374 e. The van der Waals surface area contributed by atoms with Gasteiger partial charge in [0.25, 0.3) is 5.52 Å². The van der Waals surface area contributed by atoms with E-state index in [0.717, 1.165) is 16.8 Å². The van der Waals surface area contributed by atoms with Gasteiger partial charge in [0.2, 0.25) is 5.58 Å². The Morgan fingerprint density at radius 3 is 2.48 bits per heavy atom. The summed E-state index contributed by atoms with van der Waals surface area (Å²) < 4.78 is 40.6. The van der Waals surface area contributed by atoms with Gasteiger partial charge < -0.3 is 13.9 Å². The largest absolute Gasteiger partial charge is 0.748 e. The van der Waals surface area contributed by atoms with Crippen LogP contribution in [0.4, 0.5) is 5.69 Å². The van der Waals surface area contributed by atoms with E-state index in [2.05, 4.69) is 37.9 Å². The van der Waals surface area contributed by atoms with E-state index in [0.29, 0.717) is 41.9 Å². The molecule has 0 aliphatic rings. The number of unbranched alkanes of at least 4 members (excludes halogenated alkanes) is 1.